The normalized spacial score (nSPS) is 14.3. The molecule has 0 atom stereocenters. The van der Waals surface area contributed by atoms with Gasteiger partial charge in [0.15, 0.2) is 0 Å². The lowest BCUT2D eigenvalue weighted by Crippen LogP contribution is -2.26. The first kappa shape index (κ1) is 19.7. The first-order valence-corrected chi connectivity index (χ1v) is 10.3. The van der Waals surface area contributed by atoms with E-state index in [-0.39, 0.29) is 17.2 Å². The molecule has 1 aliphatic heterocycles. The molecule has 1 amide bonds. The summed E-state index contributed by atoms with van der Waals surface area (Å²) >= 11 is 0. The van der Waals surface area contributed by atoms with Crippen LogP contribution in [0, 0.1) is 0 Å². The highest BCUT2D eigenvalue weighted by atomic mass is 32.2. The summed E-state index contributed by atoms with van der Waals surface area (Å²) in [6.07, 6.45) is -0.238. The molecule has 0 bridgehead atoms. The third-order valence-electron chi connectivity index (χ3n) is 3.84. The Morgan fingerprint density at radius 1 is 1.11 bits per heavy atom. The van der Waals surface area contributed by atoms with Gasteiger partial charge in [0.1, 0.15) is 22.2 Å². The number of benzene rings is 2. The van der Waals surface area contributed by atoms with Crippen LogP contribution in [0.1, 0.15) is 20.3 Å². The van der Waals surface area contributed by atoms with Gasteiger partial charge in [-0.05, 0) is 38.1 Å². The smallest absolute Gasteiger partial charge is 0.286 e. The van der Waals surface area contributed by atoms with Gasteiger partial charge in [-0.15, -0.1) is 4.40 Å². The van der Waals surface area contributed by atoms with E-state index in [0.717, 1.165) is 0 Å². The molecule has 0 aromatic heterocycles. The molecule has 0 spiro atoms. The minimum atomic E-state index is -3.84. The van der Waals surface area contributed by atoms with Crippen LogP contribution in [0.2, 0.25) is 0 Å². The molecule has 0 saturated heterocycles. The molecular weight excluding hydrogens is 382 g/mol. The topological polar surface area (TPSA) is 106 Å². The first-order valence-electron chi connectivity index (χ1n) is 8.82. The van der Waals surface area contributed by atoms with Gasteiger partial charge in [-0.3, -0.25) is 4.79 Å². The van der Waals surface area contributed by atoms with E-state index >= 15 is 0 Å². The van der Waals surface area contributed by atoms with Crippen molar-refractivity contribution in [1.29, 1.82) is 0 Å². The monoisotopic (exact) mass is 403 g/mol. The zero-order valence-corrected chi connectivity index (χ0v) is 16.4. The molecule has 1 heterocycles. The van der Waals surface area contributed by atoms with Crippen molar-refractivity contribution in [2.75, 3.05) is 23.8 Å². The lowest BCUT2D eigenvalue weighted by Gasteiger charge is -2.18. The Morgan fingerprint density at radius 2 is 1.86 bits per heavy atom. The third-order valence-corrected chi connectivity index (χ3v) is 5.21. The van der Waals surface area contributed by atoms with E-state index in [2.05, 4.69) is 15.0 Å². The van der Waals surface area contributed by atoms with Crippen LogP contribution in [0.15, 0.2) is 51.8 Å². The van der Waals surface area contributed by atoms with Crippen LogP contribution in [-0.4, -0.2) is 33.4 Å². The van der Waals surface area contributed by atoms with Crippen molar-refractivity contribution >= 4 is 33.1 Å². The van der Waals surface area contributed by atoms with E-state index in [1.807, 2.05) is 13.8 Å². The fraction of sp³-hybridized carbons (Fsp3) is 0.263. The molecule has 0 radical (unpaired) electrons. The van der Waals surface area contributed by atoms with E-state index in [1.54, 1.807) is 36.4 Å². The van der Waals surface area contributed by atoms with E-state index in [0.29, 0.717) is 36.1 Å². The predicted molar refractivity (Wildman–Crippen MR) is 107 cm³/mol. The number of amidine groups is 1. The second-order valence-corrected chi connectivity index (χ2v) is 7.46. The van der Waals surface area contributed by atoms with Crippen molar-refractivity contribution in [1.82, 2.24) is 0 Å². The Labute approximate surface area is 163 Å². The molecule has 8 nitrogen and oxygen atoms in total. The quantitative estimate of drug-likeness (QED) is 0.736. The number of sulfonamides is 1. The molecule has 0 saturated carbocycles. The SMILES string of the molecule is CCOc1ccc(OCC)c(NC(=O)CC2=NS(=O)(=O)c3ccccc3N2)c1. The summed E-state index contributed by atoms with van der Waals surface area (Å²) < 4.78 is 39.3. The van der Waals surface area contributed by atoms with Gasteiger partial charge in [0.05, 0.1) is 31.0 Å². The van der Waals surface area contributed by atoms with Crippen molar-refractivity contribution < 1.29 is 22.7 Å². The Morgan fingerprint density at radius 3 is 2.61 bits per heavy atom. The summed E-state index contributed by atoms with van der Waals surface area (Å²) in [7, 11) is -3.84. The number of fused-ring (bicyclic) bond motifs is 1. The van der Waals surface area contributed by atoms with Crippen molar-refractivity contribution in [3.63, 3.8) is 0 Å². The molecule has 2 aromatic carbocycles. The summed E-state index contributed by atoms with van der Waals surface area (Å²) in [4.78, 5) is 12.6. The van der Waals surface area contributed by atoms with Crippen LogP contribution in [0.3, 0.4) is 0 Å². The maximum absolute atomic E-state index is 12.5. The van der Waals surface area contributed by atoms with Crippen LogP contribution in [0.25, 0.3) is 0 Å². The molecular formula is C19H21N3O5S. The zero-order chi connectivity index (χ0) is 20.1. The molecule has 1 aliphatic rings. The summed E-state index contributed by atoms with van der Waals surface area (Å²) in [6.45, 7) is 4.62. The third kappa shape index (κ3) is 4.42. The molecule has 28 heavy (non-hydrogen) atoms. The van der Waals surface area contributed by atoms with Crippen LogP contribution < -0.4 is 20.1 Å². The second kappa shape index (κ2) is 8.30. The lowest BCUT2D eigenvalue weighted by atomic mass is 10.2. The molecule has 9 heteroatoms. The standard InChI is InChI=1S/C19H21N3O5S/c1-3-26-13-9-10-16(27-4-2)15(11-13)21-19(23)12-18-20-14-7-5-6-8-17(14)28(24,25)22-18/h5-11H,3-4,12H2,1-2H3,(H,20,22)(H,21,23). The van der Waals surface area contributed by atoms with Gasteiger partial charge < -0.3 is 20.1 Å². The van der Waals surface area contributed by atoms with Crippen molar-refractivity contribution in [3.8, 4) is 11.5 Å². The molecule has 0 aliphatic carbocycles. The van der Waals surface area contributed by atoms with Crippen molar-refractivity contribution in [2.45, 2.75) is 25.2 Å². The molecule has 3 rings (SSSR count). The summed E-state index contributed by atoms with van der Waals surface area (Å²) in [6, 6.07) is 11.5. The average molecular weight is 403 g/mol. The zero-order valence-electron chi connectivity index (χ0n) is 15.6. The van der Waals surface area contributed by atoms with Crippen LogP contribution in [0.5, 0.6) is 11.5 Å². The minimum Gasteiger partial charge on any atom is -0.494 e. The number of nitrogens with zero attached hydrogens (tertiary/aromatic N) is 1. The molecule has 0 unspecified atom stereocenters. The van der Waals surface area contributed by atoms with Gasteiger partial charge in [-0.2, -0.15) is 8.42 Å². The maximum Gasteiger partial charge on any atom is 0.286 e. The second-order valence-electron chi connectivity index (χ2n) is 5.88. The van der Waals surface area contributed by atoms with E-state index in [4.69, 9.17) is 9.47 Å². The van der Waals surface area contributed by atoms with E-state index < -0.39 is 15.9 Å². The number of carbonyl (C=O) groups is 1. The largest absolute Gasteiger partial charge is 0.494 e. The van der Waals surface area contributed by atoms with E-state index in [9.17, 15) is 13.2 Å². The summed E-state index contributed by atoms with van der Waals surface area (Å²) in [5.74, 6) is 0.701. The van der Waals surface area contributed by atoms with Gasteiger partial charge >= 0.3 is 0 Å². The summed E-state index contributed by atoms with van der Waals surface area (Å²) in [5, 5.41) is 5.63. The highest BCUT2D eigenvalue weighted by Gasteiger charge is 2.25. The number of ether oxygens (including phenoxy) is 2. The molecule has 0 fully saturated rings. The molecule has 148 valence electrons. The fourth-order valence-electron chi connectivity index (χ4n) is 2.73. The highest BCUT2D eigenvalue weighted by Crippen LogP contribution is 2.30. The molecule has 2 N–H and O–H groups in total. The number of amides is 1. The van der Waals surface area contributed by atoms with Gasteiger partial charge in [-0.1, -0.05) is 12.1 Å². The van der Waals surface area contributed by atoms with Crippen LogP contribution >= 0.6 is 0 Å². The van der Waals surface area contributed by atoms with Crippen LogP contribution in [-0.2, 0) is 14.8 Å². The minimum absolute atomic E-state index is 0.0510. The fourth-order valence-corrected chi connectivity index (χ4v) is 3.88. The highest BCUT2D eigenvalue weighted by molar-refractivity contribution is 7.90. The van der Waals surface area contributed by atoms with Gasteiger partial charge in [0.25, 0.3) is 10.0 Å². The predicted octanol–water partition coefficient (Wildman–Crippen LogP) is 3.03. The first-order chi connectivity index (χ1) is 13.4. The number of carbonyl (C=O) groups excluding carboxylic acids is 1. The number of hydrogen-bond acceptors (Lipinski definition) is 6. The number of nitrogens with one attached hydrogen (secondary N) is 2. The van der Waals surface area contributed by atoms with Crippen molar-refractivity contribution in [3.05, 3.63) is 42.5 Å². The number of anilines is 2. The number of rotatable bonds is 7. The maximum atomic E-state index is 12.5. The number of para-hydroxylation sites is 1. The van der Waals surface area contributed by atoms with Gasteiger partial charge in [0, 0.05) is 6.07 Å². The van der Waals surface area contributed by atoms with E-state index in [1.165, 1.54) is 6.07 Å². The Bertz CT molecular complexity index is 1020. The lowest BCUT2D eigenvalue weighted by molar-refractivity contribution is -0.115. The van der Waals surface area contributed by atoms with Crippen LogP contribution in [0.4, 0.5) is 11.4 Å². The van der Waals surface area contributed by atoms with Crippen molar-refractivity contribution in [2.24, 2.45) is 4.40 Å². The average Bonchev–Trinajstić information content (AvgIpc) is 2.63. The van der Waals surface area contributed by atoms with Gasteiger partial charge in [-0.25, -0.2) is 0 Å². The Hall–Kier alpha value is -3.07. The molecule has 2 aromatic rings. The summed E-state index contributed by atoms with van der Waals surface area (Å²) in [5.41, 5.74) is 0.839. The Balaban J connectivity index is 1.78. The Kier molecular flexibility index (Phi) is 5.84. The van der Waals surface area contributed by atoms with Gasteiger partial charge in [0.2, 0.25) is 5.91 Å². The number of hydrogen-bond donors (Lipinski definition) is 2.